The minimum atomic E-state index is -0.749. The van der Waals surface area contributed by atoms with Gasteiger partial charge in [0.25, 0.3) is 0 Å². The Kier molecular flexibility index (Phi) is 2.31. The minimum absolute atomic E-state index is 0.347. The molecule has 2 rings (SSSR count). The molecule has 0 radical (unpaired) electrons. The number of anilines is 1. The van der Waals surface area contributed by atoms with Gasteiger partial charge in [0.1, 0.15) is 17.1 Å². The van der Waals surface area contributed by atoms with Crippen molar-refractivity contribution in [2.24, 2.45) is 0 Å². The molecule has 0 unspecified atom stereocenters. The molecule has 0 bridgehead atoms. The van der Waals surface area contributed by atoms with E-state index >= 15 is 0 Å². The fourth-order valence-electron chi connectivity index (χ4n) is 1.41. The van der Waals surface area contributed by atoms with Crippen molar-refractivity contribution in [2.75, 3.05) is 18.0 Å². The van der Waals surface area contributed by atoms with Gasteiger partial charge in [0, 0.05) is 6.54 Å². The van der Waals surface area contributed by atoms with Crippen LogP contribution in [0.3, 0.4) is 0 Å². The summed E-state index contributed by atoms with van der Waals surface area (Å²) in [4.78, 5) is 9.80. The molecule has 1 aliphatic rings. The SMILES string of the molecule is F[C@@H]1CCN(c2cncc(Cl)n2)C1. The van der Waals surface area contributed by atoms with Crippen molar-refractivity contribution in [2.45, 2.75) is 12.6 Å². The molecule has 1 fully saturated rings. The molecule has 0 saturated carbocycles. The second-order valence-electron chi connectivity index (χ2n) is 3.03. The summed E-state index contributed by atoms with van der Waals surface area (Å²) >= 11 is 5.67. The summed E-state index contributed by atoms with van der Waals surface area (Å²) in [7, 11) is 0. The van der Waals surface area contributed by atoms with E-state index in [1.165, 1.54) is 6.20 Å². The van der Waals surface area contributed by atoms with Crippen molar-refractivity contribution < 1.29 is 4.39 Å². The standard InChI is InChI=1S/C8H9ClFN3/c9-7-3-11-4-8(12-7)13-2-1-6(10)5-13/h3-4,6H,1-2,5H2/t6-/m1/s1. The Morgan fingerprint density at radius 2 is 2.38 bits per heavy atom. The molecule has 70 valence electrons. The molecule has 0 N–H and O–H groups in total. The highest BCUT2D eigenvalue weighted by atomic mass is 35.5. The molecule has 1 atom stereocenters. The molecule has 1 aromatic rings. The normalized spacial score (nSPS) is 22.3. The number of hydrogen-bond donors (Lipinski definition) is 0. The van der Waals surface area contributed by atoms with E-state index in [0.29, 0.717) is 30.5 Å². The first-order valence-electron chi connectivity index (χ1n) is 4.12. The van der Waals surface area contributed by atoms with Crippen LogP contribution in [0.4, 0.5) is 10.2 Å². The van der Waals surface area contributed by atoms with Crippen molar-refractivity contribution in [1.29, 1.82) is 0 Å². The molecule has 1 aliphatic heterocycles. The largest absolute Gasteiger partial charge is 0.352 e. The monoisotopic (exact) mass is 201 g/mol. The van der Waals surface area contributed by atoms with Crippen LogP contribution in [0.2, 0.25) is 5.15 Å². The molecule has 0 aliphatic carbocycles. The number of hydrogen-bond acceptors (Lipinski definition) is 3. The molecule has 1 saturated heterocycles. The van der Waals surface area contributed by atoms with Crippen molar-refractivity contribution in [1.82, 2.24) is 9.97 Å². The highest BCUT2D eigenvalue weighted by Crippen LogP contribution is 2.19. The first kappa shape index (κ1) is 8.69. The van der Waals surface area contributed by atoms with E-state index < -0.39 is 6.17 Å². The molecule has 2 heterocycles. The number of nitrogens with zero attached hydrogens (tertiary/aromatic N) is 3. The average molecular weight is 202 g/mol. The van der Waals surface area contributed by atoms with Gasteiger partial charge in [-0.3, -0.25) is 4.98 Å². The molecule has 0 spiro atoms. The van der Waals surface area contributed by atoms with Crippen LogP contribution in [0, 0.1) is 0 Å². The molecule has 5 heteroatoms. The lowest BCUT2D eigenvalue weighted by Crippen LogP contribution is -2.21. The van der Waals surface area contributed by atoms with Gasteiger partial charge in [-0.2, -0.15) is 0 Å². The molecule has 0 aromatic carbocycles. The third-order valence-corrected chi connectivity index (χ3v) is 2.23. The van der Waals surface area contributed by atoms with E-state index in [1.54, 1.807) is 6.20 Å². The van der Waals surface area contributed by atoms with Crippen molar-refractivity contribution in [3.63, 3.8) is 0 Å². The maximum absolute atomic E-state index is 12.8. The summed E-state index contributed by atoms with van der Waals surface area (Å²) in [6, 6.07) is 0. The lowest BCUT2D eigenvalue weighted by molar-refractivity contribution is 0.364. The molecule has 0 amide bonds. The van der Waals surface area contributed by atoms with Crippen LogP contribution in [0.15, 0.2) is 12.4 Å². The Bertz CT molecular complexity index is 307. The van der Waals surface area contributed by atoms with Gasteiger partial charge in [0.15, 0.2) is 0 Å². The second-order valence-corrected chi connectivity index (χ2v) is 3.42. The highest BCUT2D eigenvalue weighted by Gasteiger charge is 2.22. The molecular weight excluding hydrogens is 193 g/mol. The fourth-order valence-corrected chi connectivity index (χ4v) is 1.55. The Labute approximate surface area is 80.6 Å². The van der Waals surface area contributed by atoms with Gasteiger partial charge in [0.2, 0.25) is 0 Å². The lowest BCUT2D eigenvalue weighted by atomic mass is 10.3. The van der Waals surface area contributed by atoms with Crippen LogP contribution in [0.25, 0.3) is 0 Å². The van der Waals surface area contributed by atoms with E-state index in [2.05, 4.69) is 9.97 Å². The topological polar surface area (TPSA) is 29.0 Å². The van der Waals surface area contributed by atoms with Gasteiger partial charge in [0.05, 0.1) is 18.9 Å². The predicted molar refractivity (Wildman–Crippen MR) is 48.8 cm³/mol. The molecule has 13 heavy (non-hydrogen) atoms. The zero-order chi connectivity index (χ0) is 9.26. The zero-order valence-corrected chi connectivity index (χ0v) is 7.71. The van der Waals surface area contributed by atoms with Crippen LogP contribution in [0.5, 0.6) is 0 Å². The maximum atomic E-state index is 12.8. The van der Waals surface area contributed by atoms with Gasteiger partial charge in [-0.1, -0.05) is 11.6 Å². The zero-order valence-electron chi connectivity index (χ0n) is 6.95. The van der Waals surface area contributed by atoms with E-state index in [1.807, 2.05) is 4.90 Å². The lowest BCUT2D eigenvalue weighted by Gasteiger charge is -2.15. The number of rotatable bonds is 1. The Balaban J connectivity index is 2.16. The highest BCUT2D eigenvalue weighted by molar-refractivity contribution is 6.29. The summed E-state index contributed by atoms with van der Waals surface area (Å²) in [5.74, 6) is 0.660. The quantitative estimate of drug-likeness (QED) is 0.692. The first-order chi connectivity index (χ1) is 6.25. The summed E-state index contributed by atoms with van der Waals surface area (Å²) < 4.78 is 12.8. The van der Waals surface area contributed by atoms with Gasteiger partial charge >= 0.3 is 0 Å². The predicted octanol–water partition coefficient (Wildman–Crippen LogP) is 1.68. The summed E-state index contributed by atoms with van der Waals surface area (Å²) in [6.07, 6.45) is 2.88. The van der Waals surface area contributed by atoms with Crippen molar-refractivity contribution in [3.8, 4) is 0 Å². The number of alkyl halides is 1. The van der Waals surface area contributed by atoms with Crippen molar-refractivity contribution in [3.05, 3.63) is 17.5 Å². The van der Waals surface area contributed by atoms with Gasteiger partial charge in [-0.25, -0.2) is 9.37 Å². The van der Waals surface area contributed by atoms with Crippen LogP contribution < -0.4 is 4.90 Å². The van der Waals surface area contributed by atoms with Gasteiger partial charge in [-0.15, -0.1) is 0 Å². The Morgan fingerprint density at radius 1 is 1.54 bits per heavy atom. The maximum Gasteiger partial charge on any atom is 0.149 e. The number of halogens is 2. The van der Waals surface area contributed by atoms with Gasteiger partial charge < -0.3 is 4.90 Å². The van der Waals surface area contributed by atoms with Crippen LogP contribution >= 0.6 is 11.6 Å². The molecular formula is C8H9ClFN3. The van der Waals surface area contributed by atoms with Crippen LogP contribution in [-0.2, 0) is 0 Å². The summed E-state index contributed by atoms with van der Waals surface area (Å²) in [5, 5.41) is 0.347. The third kappa shape index (κ3) is 1.88. The van der Waals surface area contributed by atoms with E-state index in [9.17, 15) is 4.39 Å². The third-order valence-electron chi connectivity index (χ3n) is 2.05. The van der Waals surface area contributed by atoms with E-state index in [-0.39, 0.29) is 0 Å². The summed E-state index contributed by atoms with van der Waals surface area (Å²) in [5.41, 5.74) is 0. The summed E-state index contributed by atoms with van der Waals surface area (Å²) in [6.45, 7) is 1.09. The smallest absolute Gasteiger partial charge is 0.149 e. The van der Waals surface area contributed by atoms with E-state index in [0.717, 1.165) is 0 Å². The molecule has 1 aromatic heterocycles. The van der Waals surface area contributed by atoms with Crippen LogP contribution in [0.1, 0.15) is 6.42 Å². The minimum Gasteiger partial charge on any atom is -0.352 e. The van der Waals surface area contributed by atoms with Crippen LogP contribution in [-0.4, -0.2) is 29.2 Å². The second kappa shape index (κ2) is 3.46. The Hall–Kier alpha value is -0.900. The molecule has 3 nitrogen and oxygen atoms in total. The fraction of sp³-hybridized carbons (Fsp3) is 0.500. The first-order valence-corrected chi connectivity index (χ1v) is 4.50. The number of aromatic nitrogens is 2. The van der Waals surface area contributed by atoms with Crippen molar-refractivity contribution >= 4 is 17.4 Å². The van der Waals surface area contributed by atoms with Gasteiger partial charge in [-0.05, 0) is 6.42 Å². The Morgan fingerprint density at radius 3 is 3.00 bits per heavy atom. The van der Waals surface area contributed by atoms with E-state index in [4.69, 9.17) is 11.6 Å². The average Bonchev–Trinajstić information content (AvgIpc) is 2.52.